The minimum Gasteiger partial charge on any atom is -0.497 e. The lowest BCUT2D eigenvalue weighted by molar-refractivity contribution is -0.143. The highest BCUT2D eigenvalue weighted by Crippen LogP contribution is 2.35. The predicted octanol–water partition coefficient (Wildman–Crippen LogP) is 2.28. The average molecular weight is 456 g/mol. The van der Waals surface area contributed by atoms with E-state index in [-0.39, 0.29) is 55.0 Å². The van der Waals surface area contributed by atoms with Gasteiger partial charge in [0, 0.05) is 26.1 Å². The monoisotopic (exact) mass is 455 g/mol. The number of imide groups is 1. The van der Waals surface area contributed by atoms with Crippen LogP contribution in [0.2, 0.25) is 0 Å². The van der Waals surface area contributed by atoms with E-state index in [1.807, 2.05) is 43.3 Å². The SMILES string of the molecule is CCCNC(=O)[C@@H](C)N(Cc1cccc(OC)c1)C(=O)CCN1C(=O)[C@H]2CC=CC[C@H]2C1=O. The smallest absolute Gasteiger partial charge is 0.242 e. The molecule has 1 aliphatic carbocycles. The average Bonchev–Trinajstić information content (AvgIpc) is 3.08. The maximum Gasteiger partial charge on any atom is 0.242 e. The quantitative estimate of drug-likeness (QED) is 0.431. The number of hydrogen-bond acceptors (Lipinski definition) is 5. The second-order valence-corrected chi connectivity index (χ2v) is 8.57. The summed E-state index contributed by atoms with van der Waals surface area (Å²) < 4.78 is 5.27. The molecule has 0 bridgehead atoms. The van der Waals surface area contributed by atoms with Crippen molar-refractivity contribution < 1.29 is 23.9 Å². The van der Waals surface area contributed by atoms with E-state index < -0.39 is 6.04 Å². The number of carbonyl (C=O) groups excluding carboxylic acids is 4. The second kappa shape index (κ2) is 11.1. The van der Waals surface area contributed by atoms with Gasteiger partial charge in [-0.1, -0.05) is 31.2 Å². The van der Waals surface area contributed by atoms with Gasteiger partial charge in [0.25, 0.3) is 0 Å². The van der Waals surface area contributed by atoms with Crippen molar-refractivity contribution in [3.8, 4) is 5.75 Å². The maximum absolute atomic E-state index is 13.3. The zero-order valence-corrected chi connectivity index (χ0v) is 19.6. The van der Waals surface area contributed by atoms with Crippen molar-refractivity contribution in [3.63, 3.8) is 0 Å². The molecule has 4 amide bonds. The normalized spacial score (nSPS) is 20.4. The van der Waals surface area contributed by atoms with Crippen molar-refractivity contribution in [1.29, 1.82) is 0 Å². The lowest BCUT2D eigenvalue weighted by Crippen LogP contribution is -2.48. The number of rotatable bonds is 10. The number of nitrogens with one attached hydrogen (secondary N) is 1. The summed E-state index contributed by atoms with van der Waals surface area (Å²) in [6.07, 6.45) is 5.77. The van der Waals surface area contributed by atoms with Gasteiger partial charge in [0.15, 0.2) is 0 Å². The van der Waals surface area contributed by atoms with Crippen molar-refractivity contribution >= 4 is 23.6 Å². The Morgan fingerprint density at radius 1 is 1.18 bits per heavy atom. The molecule has 0 radical (unpaired) electrons. The molecule has 1 aromatic rings. The molecule has 3 rings (SSSR count). The van der Waals surface area contributed by atoms with Gasteiger partial charge >= 0.3 is 0 Å². The van der Waals surface area contributed by atoms with Crippen molar-refractivity contribution in [2.75, 3.05) is 20.2 Å². The fourth-order valence-electron chi connectivity index (χ4n) is 4.39. The number of amides is 4. The number of methoxy groups -OCH3 is 1. The van der Waals surface area contributed by atoms with Gasteiger partial charge in [-0.2, -0.15) is 0 Å². The van der Waals surface area contributed by atoms with Gasteiger partial charge in [-0.05, 0) is 43.9 Å². The van der Waals surface area contributed by atoms with Crippen LogP contribution in [-0.4, -0.2) is 59.7 Å². The molecule has 0 aromatic heterocycles. The van der Waals surface area contributed by atoms with Gasteiger partial charge in [-0.25, -0.2) is 0 Å². The van der Waals surface area contributed by atoms with Gasteiger partial charge < -0.3 is 15.0 Å². The van der Waals surface area contributed by atoms with Gasteiger partial charge in [-0.15, -0.1) is 0 Å². The van der Waals surface area contributed by atoms with E-state index in [9.17, 15) is 19.2 Å². The molecule has 1 fully saturated rings. The number of fused-ring (bicyclic) bond motifs is 1. The summed E-state index contributed by atoms with van der Waals surface area (Å²) in [4.78, 5) is 54.1. The number of ether oxygens (including phenoxy) is 1. The van der Waals surface area contributed by atoms with E-state index in [1.54, 1.807) is 14.0 Å². The minimum atomic E-state index is -0.702. The zero-order chi connectivity index (χ0) is 24.0. The Hall–Kier alpha value is -3.16. The summed E-state index contributed by atoms with van der Waals surface area (Å²) in [5.74, 6) is -0.893. The van der Waals surface area contributed by atoms with Gasteiger partial charge in [0.2, 0.25) is 23.6 Å². The third kappa shape index (κ3) is 5.61. The van der Waals surface area contributed by atoms with Crippen LogP contribution in [0.1, 0.15) is 45.1 Å². The summed E-state index contributed by atoms with van der Waals surface area (Å²) in [5, 5.41) is 2.84. The Kier molecular flexibility index (Phi) is 8.25. The lowest BCUT2D eigenvalue weighted by atomic mass is 9.85. The Morgan fingerprint density at radius 3 is 2.45 bits per heavy atom. The van der Waals surface area contributed by atoms with E-state index in [1.165, 1.54) is 9.80 Å². The first-order valence-electron chi connectivity index (χ1n) is 11.6. The van der Waals surface area contributed by atoms with Crippen LogP contribution in [0.25, 0.3) is 0 Å². The molecule has 1 aromatic carbocycles. The first kappa shape index (κ1) is 24.5. The fourth-order valence-corrected chi connectivity index (χ4v) is 4.39. The Bertz CT molecular complexity index is 902. The van der Waals surface area contributed by atoms with Crippen molar-refractivity contribution in [3.05, 3.63) is 42.0 Å². The third-order valence-corrected chi connectivity index (χ3v) is 6.35. The van der Waals surface area contributed by atoms with Crippen molar-refractivity contribution in [1.82, 2.24) is 15.1 Å². The lowest BCUT2D eigenvalue weighted by Gasteiger charge is -2.29. The van der Waals surface area contributed by atoms with Crippen molar-refractivity contribution in [2.24, 2.45) is 11.8 Å². The number of benzene rings is 1. The fraction of sp³-hybridized carbons (Fsp3) is 0.520. The molecule has 1 N–H and O–H groups in total. The van der Waals surface area contributed by atoms with Crippen LogP contribution in [-0.2, 0) is 25.7 Å². The van der Waals surface area contributed by atoms with Crippen molar-refractivity contribution in [2.45, 2.75) is 52.1 Å². The maximum atomic E-state index is 13.3. The highest BCUT2D eigenvalue weighted by Gasteiger charge is 2.47. The molecule has 178 valence electrons. The van der Waals surface area contributed by atoms with Gasteiger partial charge in [0.05, 0.1) is 18.9 Å². The van der Waals surface area contributed by atoms with Crippen LogP contribution >= 0.6 is 0 Å². The van der Waals surface area contributed by atoms with E-state index >= 15 is 0 Å². The second-order valence-electron chi connectivity index (χ2n) is 8.57. The Labute approximate surface area is 194 Å². The molecule has 1 heterocycles. The van der Waals surface area contributed by atoms with Crippen LogP contribution < -0.4 is 10.1 Å². The van der Waals surface area contributed by atoms with Gasteiger partial charge in [0.1, 0.15) is 11.8 Å². The summed E-state index contributed by atoms with van der Waals surface area (Å²) in [6.45, 7) is 4.42. The zero-order valence-electron chi connectivity index (χ0n) is 19.6. The molecule has 1 aliphatic heterocycles. The number of hydrogen-bond donors (Lipinski definition) is 1. The Morgan fingerprint density at radius 2 is 1.85 bits per heavy atom. The highest BCUT2D eigenvalue weighted by molar-refractivity contribution is 6.05. The Balaban J connectivity index is 1.72. The summed E-state index contributed by atoms with van der Waals surface area (Å²) in [7, 11) is 1.57. The third-order valence-electron chi connectivity index (χ3n) is 6.35. The number of nitrogens with zero attached hydrogens (tertiary/aromatic N) is 2. The number of carbonyl (C=O) groups is 4. The number of likely N-dealkylation sites (tertiary alicyclic amines) is 1. The molecular weight excluding hydrogens is 422 g/mol. The first-order valence-corrected chi connectivity index (χ1v) is 11.6. The largest absolute Gasteiger partial charge is 0.497 e. The standard InChI is InChI=1S/C25H33N3O5/c1-4-13-26-23(30)17(2)28(16-18-8-7-9-19(15-18)33-3)22(29)12-14-27-24(31)20-10-5-6-11-21(20)25(27)32/h5-9,15,17,20-21H,4,10-14,16H2,1-3H3,(H,26,30)/t17-,20-,21+/m1/s1. The first-order chi connectivity index (χ1) is 15.9. The topological polar surface area (TPSA) is 96.0 Å². The molecule has 0 spiro atoms. The van der Waals surface area contributed by atoms with Gasteiger partial charge in [-0.3, -0.25) is 24.1 Å². The molecule has 0 unspecified atom stereocenters. The molecule has 33 heavy (non-hydrogen) atoms. The minimum absolute atomic E-state index is 0.0281. The molecule has 8 heteroatoms. The highest BCUT2D eigenvalue weighted by atomic mass is 16.5. The summed E-state index contributed by atoms with van der Waals surface area (Å²) >= 11 is 0. The van der Waals surface area contributed by atoms with Crippen LogP contribution in [0.3, 0.4) is 0 Å². The number of allylic oxidation sites excluding steroid dienone is 2. The molecule has 3 atom stereocenters. The van der Waals surface area contributed by atoms with E-state index in [0.29, 0.717) is 25.1 Å². The molecule has 2 aliphatic rings. The molecule has 0 saturated carbocycles. The summed E-state index contributed by atoms with van der Waals surface area (Å²) in [5.41, 5.74) is 0.822. The van der Waals surface area contributed by atoms with E-state index in [4.69, 9.17) is 4.74 Å². The molecule has 8 nitrogen and oxygen atoms in total. The van der Waals surface area contributed by atoms with E-state index in [2.05, 4.69) is 5.32 Å². The predicted molar refractivity (Wildman–Crippen MR) is 123 cm³/mol. The van der Waals surface area contributed by atoms with Crippen LogP contribution in [0, 0.1) is 11.8 Å². The summed E-state index contributed by atoms with van der Waals surface area (Å²) in [6, 6.07) is 6.63. The van der Waals surface area contributed by atoms with E-state index in [0.717, 1.165) is 12.0 Å². The molecular formula is C25H33N3O5. The van der Waals surface area contributed by atoms with Crippen LogP contribution in [0.4, 0.5) is 0 Å². The van der Waals surface area contributed by atoms with Crippen LogP contribution in [0.15, 0.2) is 36.4 Å². The van der Waals surface area contributed by atoms with Crippen LogP contribution in [0.5, 0.6) is 5.75 Å². The molecule has 1 saturated heterocycles.